The van der Waals surface area contributed by atoms with Gasteiger partial charge >= 0.3 is 5.97 Å². The SMILES string of the molecule is CC[N+](CC)(CC)CC.O=C(Oc1c(I)cc(I)cc1I)c1ccc(S(=O)(=O)[O-])c(O)c1. The first-order valence-corrected chi connectivity index (χ1v) is 14.5. The number of phenolic OH excluding ortho intramolecular Hbond substituents is 1. The molecule has 2 aromatic rings. The molecule has 0 amide bonds. The minimum absolute atomic E-state index is 0.0694. The summed E-state index contributed by atoms with van der Waals surface area (Å²) in [5, 5.41) is 9.60. The topological polar surface area (TPSA) is 104 Å². The van der Waals surface area contributed by atoms with Crippen LogP contribution in [0.2, 0.25) is 0 Å². The molecule has 0 aliphatic carbocycles. The average Bonchev–Trinajstić information content (AvgIpc) is 2.72. The number of hydrogen-bond donors (Lipinski definition) is 1. The third-order valence-electron chi connectivity index (χ3n) is 5.31. The highest BCUT2D eigenvalue weighted by Crippen LogP contribution is 2.31. The monoisotopic (exact) mass is 801 g/mol. The normalized spacial score (nSPS) is 11.5. The third-order valence-corrected chi connectivity index (χ3v) is 8.41. The Kier molecular flexibility index (Phi) is 12.1. The van der Waals surface area contributed by atoms with Crippen molar-refractivity contribution in [1.29, 1.82) is 0 Å². The minimum Gasteiger partial charge on any atom is -0.744 e. The molecule has 1 N–H and O–H groups in total. The van der Waals surface area contributed by atoms with Crippen LogP contribution in [0.25, 0.3) is 0 Å². The molecule has 0 aliphatic rings. The second kappa shape index (κ2) is 13.0. The molecule has 0 heterocycles. The number of halogens is 3. The lowest BCUT2D eigenvalue weighted by Gasteiger charge is -2.34. The Bertz CT molecular complexity index is 1010. The molecule has 0 saturated heterocycles. The van der Waals surface area contributed by atoms with Crippen LogP contribution in [0.1, 0.15) is 38.1 Å². The molecule has 0 atom stereocenters. The quantitative estimate of drug-likeness (QED) is 0.136. The molecule has 0 radical (unpaired) electrons. The van der Waals surface area contributed by atoms with Gasteiger partial charge in [0.1, 0.15) is 15.9 Å². The summed E-state index contributed by atoms with van der Waals surface area (Å²) in [6.45, 7) is 14.2. The summed E-state index contributed by atoms with van der Waals surface area (Å²) in [6.07, 6.45) is 0. The number of carbonyl (C=O) groups is 1. The first-order valence-electron chi connectivity index (χ1n) is 9.84. The van der Waals surface area contributed by atoms with Gasteiger partial charge in [-0.3, -0.25) is 0 Å². The van der Waals surface area contributed by atoms with E-state index in [2.05, 4.69) is 50.3 Å². The molecule has 11 heteroatoms. The number of hydrogen-bond acceptors (Lipinski definition) is 6. The number of carbonyl (C=O) groups excluding carboxylic acids is 1. The zero-order valence-electron chi connectivity index (χ0n) is 18.2. The average molecular weight is 801 g/mol. The van der Waals surface area contributed by atoms with Crippen LogP contribution in [-0.4, -0.2) is 54.7 Å². The molecule has 0 saturated carbocycles. The predicted molar refractivity (Wildman–Crippen MR) is 148 cm³/mol. The van der Waals surface area contributed by atoms with Crippen LogP contribution in [0, 0.1) is 10.7 Å². The van der Waals surface area contributed by atoms with E-state index in [1.54, 1.807) is 0 Å². The van der Waals surface area contributed by atoms with Crippen LogP contribution in [0.4, 0.5) is 0 Å². The maximum absolute atomic E-state index is 12.1. The van der Waals surface area contributed by atoms with Crippen molar-refractivity contribution in [2.24, 2.45) is 0 Å². The zero-order chi connectivity index (χ0) is 24.7. The van der Waals surface area contributed by atoms with Crippen LogP contribution in [0.15, 0.2) is 35.2 Å². The van der Waals surface area contributed by atoms with Gasteiger partial charge in [0.2, 0.25) is 0 Å². The molecule has 0 aromatic heterocycles. The number of aromatic hydroxyl groups is 1. The van der Waals surface area contributed by atoms with E-state index in [-0.39, 0.29) is 5.56 Å². The lowest BCUT2D eigenvalue weighted by atomic mass is 10.2. The Morgan fingerprint density at radius 3 is 1.78 bits per heavy atom. The third kappa shape index (κ3) is 8.21. The van der Waals surface area contributed by atoms with Crippen molar-refractivity contribution in [2.75, 3.05) is 26.2 Å². The maximum atomic E-state index is 12.1. The van der Waals surface area contributed by atoms with E-state index >= 15 is 0 Å². The number of esters is 1. The molecular formula is C21H26I3NO6S. The number of rotatable bonds is 7. The first-order chi connectivity index (χ1) is 14.8. The van der Waals surface area contributed by atoms with Crippen LogP contribution in [-0.2, 0) is 10.1 Å². The van der Waals surface area contributed by atoms with Gasteiger partial charge in [-0.1, -0.05) is 0 Å². The standard InChI is InChI=1S/C13H7I3O6S.C8H20N/c14-7-4-8(15)12(9(16)5-7)22-13(18)6-1-2-11(10(17)3-6)23(19,20)21;1-5-9(6-2,7-3)8-4/h1-5,17H,(H,19,20,21);5-8H2,1-4H3/q;+1/p-1. The molecular weight excluding hydrogens is 775 g/mol. The highest BCUT2D eigenvalue weighted by atomic mass is 127. The van der Waals surface area contributed by atoms with Gasteiger partial charge in [0.15, 0.2) is 5.75 Å². The van der Waals surface area contributed by atoms with Crippen molar-refractivity contribution in [1.82, 2.24) is 0 Å². The van der Waals surface area contributed by atoms with E-state index in [4.69, 9.17) is 4.74 Å². The smallest absolute Gasteiger partial charge is 0.343 e. The first kappa shape index (κ1) is 29.8. The van der Waals surface area contributed by atoms with E-state index in [9.17, 15) is 22.9 Å². The lowest BCUT2D eigenvalue weighted by molar-refractivity contribution is -0.921. The van der Waals surface area contributed by atoms with Gasteiger partial charge in [-0.2, -0.15) is 0 Å². The fourth-order valence-corrected chi connectivity index (χ4v) is 7.33. The van der Waals surface area contributed by atoms with Gasteiger partial charge in [0, 0.05) is 3.57 Å². The fraction of sp³-hybridized carbons (Fsp3) is 0.381. The van der Waals surface area contributed by atoms with Crippen molar-refractivity contribution in [3.05, 3.63) is 46.6 Å². The van der Waals surface area contributed by atoms with E-state index in [1.807, 2.05) is 57.3 Å². The molecule has 0 fully saturated rings. The van der Waals surface area contributed by atoms with Gasteiger partial charge < -0.3 is 18.9 Å². The van der Waals surface area contributed by atoms with Crippen molar-refractivity contribution in [2.45, 2.75) is 32.6 Å². The van der Waals surface area contributed by atoms with Crippen LogP contribution in [0.3, 0.4) is 0 Å². The number of phenols is 1. The Morgan fingerprint density at radius 1 is 0.969 bits per heavy atom. The summed E-state index contributed by atoms with van der Waals surface area (Å²) in [5.41, 5.74) is -0.0694. The van der Waals surface area contributed by atoms with Gasteiger partial charge in [-0.15, -0.1) is 0 Å². The Balaban J connectivity index is 0.000000482. The highest BCUT2D eigenvalue weighted by molar-refractivity contribution is 14.1. The Hall–Kier alpha value is -0.230. The van der Waals surface area contributed by atoms with E-state index < -0.39 is 26.7 Å². The minimum atomic E-state index is -4.81. The molecule has 0 unspecified atom stereocenters. The molecule has 178 valence electrons. The van der Waals surface area contributed by atoms with E-state index in [0.717, 1.165) is 28.9 Å². The summed E-state index contributed by atoms with van der Waals surface area (Å²) in [7, 11) is -4.81. The number of quaternary nitrogens is 1. The number of nitrogens with zero attached hydrogens (tertiary/aromatic N) is 1. The summed E-state index contributed by atoms with van der Waals surface area (Å²) < 4.78 is 41.8. The van der Waals surface area contributed by atoms with Gasteiger partial charge in [-0.25, -0.2) is 13.2 Å². The van der Waals surface area contributed by atoms with Crippen molar-refractivity contribution >= 4 is 83.9 Å². The summed E-state index contributed by atoms with van der Waals surface area (Å²) >= 11 is 6.20. The van der Waals surface area contributed by atoms with E-state index in [1.165, 1.54) is 30.7 Å². The van der Waals surface area contributed by atoms with Gasteiger partial charge in [0.05, 0.1) is 43.8 Å². The van der Waals surface area contributed by atoms with Crippen LogP contribution < -0.4 is 4.74 Å². The van der Waals surface area contributed by atoms with Gasteiger partial charge in [0.25, 0.3) is 0 Å². The highest BCUT2D eigenvalue weighted by Gasteiger charge is 2.18. The summed E-state index contributed by atoms with van der Waals surface area (Å²) in [5.74, 6) is -1.19. The fourth-order valence-electron chi connectivity index (χ4n) is 2.98. The summed E-state index contributed by atoms with van der Waals surface area (Å²) in [4.78, 5) is 11.4. The maximum Gasteiger partial charge on any atom is 0.343 e. The Labute approximate surface area is 230 Å². The van der Waals surface area contributed by atoms with Crippen molar-refractivity contribution < 1.29 is 32.1 Å². The van der Waals surface area contributed by atoms with Crippen molar-refractivity contribution in [3.8, 4) is 11.5 Å². The number of ether oxygens (including phenoxy) is 1. The second-order valence-electron chi connectivity index (χ2n) is 6.83. The molecule has 2 aromatic carbocycles. The Morgan fingerprint density at radius 2 is 1.44 bits per heavy atom. The molecule has 0 aliphatic heterocycles. The summed E-state index contributed by atoms with van der Waals surface area (Å²) in [6, 6.07) is 6.53. The zero-order valence-corrected chi connectivity index (χ0v) is 25.5. The molecule has 7 nitrogen and oxygen atoms in total. The van der Waals surface area contributed by atoms with Crippen LogP contribution >= 0.6 is 67.8 Å². The molecule has 0 spiro atoms. The lowest BCUT2D eigenvalue weighted by Crippen LogP contribution is -2.47. The van der Waals surface area contributed by atoms with E-state index in [0.29, 0.717) is 5.75 Å². The molecule has 2 rings (SSSR count). The molecule has 0 bridgehead atoms. The number of benzene rings is 2. The molecule has 32 heavy (non-hydrogen) atoms. The second-order valence-corrected chi connectivity index (χ2v) is 11.7. The van der Waals surface area contributed by atoms with Crippen LogP contribution in [0.5, 0.6) is 11.5 Å². The van der Waals surface area contributed by atoms with Gasteiger partial charge in [-0.05, 0) is 126 Å². The predicted octanol–water partition coefficient (Wildman–Crippen LogP) is 5.21. The largest absolute Gasteiger partial charge is 0.744 e. The van der Waals surface area contributed by atoms with Crippen molar-refractivity contribution in [3.63, 3.8) is 0 Å².